The third-order valence-corrected chi connectivity index (χ3v) is 5.47. The van der Waals surface area contributed by atoms with E-state index in [-0.39, 0.29) is 29.6 Å². The Bertz CT molecular complexity index is 598. The van der Waals surface area contributed by atoms with Gasteiger partial charge in [-0.3, -0.25) is 4.79 Å². The summed E-state index contributed by atoms with van der Waals surface area (Å²) in [5.41, 5.74) is 1.31. The lowest BCUT2D eigenvalue weighted by atomic mass is 9.78. The van der Waals surface area contributed by atoms with Crippen molar-refractivity contribution in [3.63, 3.8) is 0 Å². The zero-order chi connectivity index (χ0) is 15.7. The molecule has 5 nitrogen and oxygen atoms in total. The van der Waals surface area contributed by atoms with Crippen LogP contribution in [0.15, 0.2) is 18.2 Å². The van der Waals surface area contributed by atoms with Crippen LogP contribution in [0.1, 0.15) is 31.2 Å². The molecule has 2 N–H and O–H groups in total. The molecule has 2 fully saturated rings. The quantitative estimate of drug-likeness (QED) is 0.870. The molecule has 1 saturated carbocycles. The van der Waals surface area contributed by atoms with Crippen molar-refractivity contribution in [1.82, 2.24) is 10.6 Å². The van der Waals surface area contributed by atoms with Crippen molar-refractivity contribution < 1.29 is 14.3 Å². The number of benzene rings is 1. The van der Waals surface area contributed by atoms with Gasteiger partial charge in [0.05, 0.1) is 5.92 Å². The summed E-state index contributed by atoms with van der Waals surface area (Å²) in [4.78, 5) is 12.2. The lowest BCUT2D eigenvalue weighted by Gasteiger charge is -2.33. The van der Waals surface area contributed by atoms with Crippen LogP contribution in [0.2, 0.25) is 0 Å². The molecule has 1 aliphatic carbocycles. The third kappa shape index (κ3) is 3.20. The second kappa shape index (κ2) is 7.19. The molecule has 1 aromatic rings. The molecule has 0 aromatic heterocycles. The van der Waals surface area contributed by atoms with Crippen LogP contribution in [0.25, 0.3) is 0 Å². The molecule has 0 radical (unpaired) electrons. The second-order valence-electron chi connectivity index (χ2n) is 6.92. The number of hydrogen-bond acceptors (Lipinski definition) is 4. The fourth-order valence-electron chi connectivity index (χ4n) is 3.87. The predicted octanol–water partition coefficient (Wildman–Crippen LogP) is 2.03. The minimum Gasteiger partial charge on any atom is -0.486 e. The van der Waals surface area contributed by atoms with Gasteiger partial charge in [-0.1, -0.05) is 18.9 Å². The highest BCUT2D eigenvalue weighted by atomic mass is 35.5. The maximum atomic E-state index is 12.2. The van der Waals surface area contributed by atoms with Gasteiger partial charge in [-0.25, -0.2) is 0 Å². The first-order valence-corrected chi connectivity index (χ1v) is 8.65. The average molecular weight is 353 g/mol. The number of ether oxygens (including phenoxy) is 2. The standard InChI is InChI=1S/C18H24N2O3.ClH/c21-17(13-10-19-11-13)20-12-18(5-1-2-6-18)14-3-4-15-16(9-14)23-8-7-22-15;/h3-4,9,13,19H,1-2,5-8,10-12H2,(H,20,21);1H. The molecule has 0 unspecified atom stereocenters. The van der Waals surface area contributed by atoms with Crippen LogP contribution < -0.4 is 20.1 Å². The summed E-state index contributed by atoms with van der Waals surface area (Å²) in [6, 6.07) is 6.29. The Morgan fingerprint density at radius 1 is 1.17 bits per heavy atom. The summed E-state index contributed by atoms with van der Waals surface area (Å²) in [6.07, 6.45) is 4.68. The lowest BCUT2D eigenvalue weighted by Crippen LogP contribution is -2.52. The first kappa shape index (κ1) is 17.4. The van der Waals surface area contributed by atoms with E-state index in [2.05, 4.69) is 22.8 Å². The highest BCUT2D eigenvalue weighted by molar-refractivity contribution is 5.85. The van der Waals surface area contributed by atoms with Gasteiger partial charge in [-0.05, 0) is 30.5 Å². The normalized spacial score (nSPS) is 21.5. The molecule has 4 rings (SSSR count). The number of fused-ring (bicyclic) bond motifs is 1. The first-order valence-electron chi connectivity index (χ1n) is 8.65. The molecule has 0 spiro atoms. The van der Waals surface area contributed by atoms with Gasteiger partial charge < -0.3 is 20.1 Å². The average Bonchev–Trinajstić information content (AvgIpc) is 3.01. The minimum atomic E-state index is 0. The van der Waals surface area contributed by atoms with Gasteiger partial charge in [-0.15, -0.1) is 12.4 Å². The van der Waals surface area contributed by atoms with Crippen LogP contribution in [0.5, 0.6) is 11.5 Å². The fraction of sp³-hybridized carbons (Fsp3) is 0.611. The van der Waals surface area contributed by atoms with Crippen molar-refractivity contribution in [1.29, 1.82) is 0 Å². The molecule has 2 aliphatic heterocycles. The third-order valence-electron chi connectivity index (χ3n) is 5.47. The molecule has 0 bridgehead atoms. The van der Waals surface area contributed by atoms with E-state index in [1.807, 2.05) is 6.07 Å². The number of carbonyl (C=O) groups is 1. The maximum Gasteiger partial charge on any atom is 0.225 e. The number of halogens is 1. The zero-order valence-electron chi connectivity index (χ0n) is 13.8. The van der Waals surface area contributed by atoms with E-state index >= 15 is 0 Å². The molecule has 132 valence electrons. The second-order valence-corrected chi connectivity index (χ2v) is 6.92. The maximum absolute atomic E-state index is 12.2. The largest absolute Gasteiger partial charge is 0.486 e. The van der Waals surface area contributed by atoms with E-state index in [4.69, 9.17) is 9.47 Å². The van der Waals surface area contributed by atoms with Gasteiger partial charge in [0, 0.05) is 25.0 Å². The number of nitrogens with one attached hydrogen (secondary N) is 2. The predicted molar refractivity (Wildman–Crippen MR) is 94.2 cm³/mol. The van der Waals surface area contributed by atoms with Gasteiger partial charge >= 0.3 is 0 Å². The Morgan fingerprint density at radius 3 is 2.54 bits per heavy atom. The van der Waals surface area contributed by atoms with Crippen LogP contribution in [0.4, 0.5) is 0 Å². The Hall–Kier alpha value is -1.46. The number of hydrogen-bond donors (Lipinski definition) is 2. The lowest BCUT2D eigenvalue weighted by molar-refractivity contribution is -0.126. The molecule has 1 amide bonds. The smallest absolute Gasteiger partial charge is 0.225 e. The van der Waals surface area contributed by atoms with Crippen molar-refractivity contribution in [3.8, 4) is 11.5 Å². The molecule has 3 aliphatic rings. The highest BCUT2D eigenvalue weighted by Gasteiger charge is 2.37. The Balaban J connectivity index is 0.00000169. The number of carbonyl (C=O) groups excluding carboxylic acids is 1. The summed E-state index contributed by atoms with van der Waals surface area (Å²) < 4.78 is 11.4. The topological polar surface area (TPSA) is 59.6 Å². The first-order chi connectivity index (χ1) is 11.3. The van der Waals surface area contributed by atoms with E-state index in [1.165, 1.54) is 18.4 Å². The molecular weight excluding hydrogens is 328 g/mol. The molecule has 6 heteroatoms. The molecule has 1 aromatic carbocycles. The highest BCUT2D eigenvalue weighted by Crippen LogP contribution is 2.43. The van der Waals surface area contributed by atoms with Gasteiger partial charge in [0.25, 0.3) is 0 Å². The van der Waals surface area contributed by atoms with E-state index < -0.39 is 0 Å². The van der Waals surface area contributed by atoms with E-state index in [9.17, 15) is 4.79 Å². The summed E-state index contributed by atoms with van der Waals surface area (Å²) in [5.74, 6) is 2.01. The van der Waals surface area contributed by atoms with Gasteiger partial charge in [0.15, 0.2) is 11.5 Å². The van der Waals surface area contributed by atoms with Crippen LogP contribution in [0, 0.1) is 5.92 Å². The Morgan fingerprint density at radius 2 is 1.88 bits per heavy atom. The van der Waals surface area contributed by atoms with Gasteiger partial charge in [0.1, 0.15) is 13.2 Å². The van der Waals surface area contributed by atoms with E-state index in [0.29, 0.717) is 13.2 Å². The van der Waals surface area contributed by atoms with Crippen molar-refractivity contribution in [2.75, 3.05) is 32.8 Å². The Kier molecular flexibility index (Phi) is 5.21. The summed E-state index contributed by atoms with van der Waals surface area (Å²) in [6.45, 7) is 3.56. The van der Waals surface area contributed by atoms with E-state index in [0.717, 1.165) is 44.0 Å². The van der Waals surface area contributed by atoms with E-state index in [1.54, 1.807) is 0 Å². The van der Waals surface area contributed by atoms with Crippen LogP contribution in [0.3, 0.4) is 0 Å². The summed E-state index contributed by atoms with van der Waals surface area (Å²) in [5, 5.41) is 6.35. The molecule has 2 heterocycles. The van der Waals surface area contributed by atoms with Gasteiger partial charge in [-0.2, -0.15) is 0 Å². The fourth-order valence-corrected chi connectivity index (χ4v) is 3.87. The number of amides is 1. The SMILES string of the molecule is Cl.O=C(NCC1(c2ccc3c(c2)OCCO3)CCCC1)C1CNC1. The van der Waals surface area contributed by atoms with Crippen LogP contribution in [-0.4, -0.2) is 38.8 Å². The van der Waals surface area contributed by atoms with Gasteiger partial charge in [0.2, 0.25) is 5.91 Å². The zero-order valence-corrected chi connectivity index (χ0v) is 14.6. The van der Waals surface area contributed by atoms with Crippen molar-refractivity contribution in [2.45, 2.75) is 31.1 Å². The summed E-state index contributed by atoms with van der Waals surface area (Å²) in [7, 11) is 0. The Labute approximate surface area is 148 Å². The molecule has 24 heavy (non-hydrogen) atoms. The minimum absolute atomic E-state index is 0. The van der Waals surface area contributed by atoms with Crippen LogP contribution in [-0.2, 0) is 10.2 Å². The molecule has 1 saturated heterocycles. The monoisotopic (exact) mass is 352 g/mol. The summed E-state index contributed by atoms with van der Waals surface area (Å²) >= 11 is 0. The molecule has 0 atom stereocenters. The number of rotatable bonds is 4. The van der Waals surface area contributed by atoms with Crippen molar-refractivity contribution in [2.24, 2.45) is 5.92 Å². The van der Waals surface area contributed by atoms with Crippen LogP contribution >= 0.6 is 12.4 Å². The van der Waals surface area contributed by atoms with Crippen molar-refractivity contribution >= 4 is 18.3 Å². The van der Waals surface area contributed by atoms with Crippen molar-refractivity contribution in [3.05, 3.63) is 23.8 Å². The molecular formula is C18H25ClN2O3.